The van der Waals surface area contributed by atoms with Crippen molar-refractivity contribution in [2.75, 3.05) is 26.4 Å². The summed E-state index contributed by atoms with van der Waals surface area (Å²) in [5, 5.41) is 12.6. The molecule has 0 unspecified atom stereocenters. The van der Waals surface area contributed by atoms with Crippen molar-refractivity contribution in [3.8, 4) is 23.3 Å². The lowest BCUT2D eigenvalue weighted by molar-refractivity contribution is -0.0334. The van der Waals surface area contributed by atoms with Gasteiger partial charge in [-0.1, -0.05) is 11.2 Å². The van der Waals surface area contributed by atoms with E-state index in [9.17, 15) is 4.79 Å². The highest BCUT2D eigenvalue weighted by atomic mass is 16.6. The van der Waals surface area contributed by atoms with Gasteiger partial charge < -0.3 is 18.7 Å². The lowest BCUT2D eigenvalue weighted by atomic mass is 10.1. The molecule has 0 bridgehead atoms. The highest BCUT2D eigenvalue weighted by Crippen LogP contribution is 2.24. The molecule has 9 nitrogen and oxygen atoms in total. The van der Waals surface area contributed by atoms with Gasteiger partial charge in [0.2, 0.25) is 11.6 Å². The summed E-state index contributed by atoms with van der Waals surface area (Å²) in [6.07, 6.45) is 3.60. The van der Waals surface area contributed by atoms with Gasteiger partial charge in [-0.3, -0.25) is 9.78 Å². The molecule has 0 amide bonds. The summed E-state index contributed by atoms with van der Waals surface area (Å²) in [7, 11) is 0. The van der Waals surface area contributed by atoms with Crippen molar-refractivity contribution >= 4 is 6.29 Å². The van der Waals surface area contributed by atoms with E-state index in [1.807, 2.05) is 12.1 Å². The van der Waals surface area contributed by atoms with Crippen LogP contribution in [0, 0.1) is 11.3 Å². The van der Waals surface area contributed by atoms with Crippen LogP contribution in [0.1, 0.15) is 21.7 Å². The molecule has 0 radical (unpaired) electrons. The molecule has 0 N–H and O–H groups in total. The number of pyridine rings is 2. The molecular formula is C20H18N4O5. The maximum Gasteiger partial charge on any atom is 0.213 e. The summed E-state index contributed by atoms with van der Waals surface area (Å²) in [4.78, 5) is 19.3. The smallest absolute Gasteiger partial charge is 0.213 e. The molecule has 1 fully saturated rings. The number of rotatable bonds is 5. The zero-order valence-electron chi connectivity index (χ0n) is 15.5. The summed E-state index contributed by atoms with van der Waals surface area (Å²) >= 11 is 0. The number of nitriles is 1. The van der Waals surface area contributed by atoms with Gasteiger partial charge in [-0.2, -0.15) is 5.26 Å². The van der Waals surface area contributed by atoms with E-state index in [2.05, 4.69) is 15.1 Å². The Kier molecular flexibility index (Phi) is 7.40. The fourth-order valence-electron chi connectivity index (χ4n) is 2.38. The second-order valence-electron chi connectivity index (χ2n) is 5.72. The van der Waals surface area contributed by atoms with Crippen molar-refractivity contribution in [1.82, 2.24) is 15.1 Å². The monoisotopic (exact) mass is 394 g/mol. The molecule has 29 heavy (non-hydrogen) atoms. The van der Waals surface area contributed by atoms with Crippen LogP contribution in [0.15, 0.2) is 47.2 Å². The third kappa shape index (κ3) is 5.68. The van der Waals surface area contributed by atoms with Crippen LogP contribution < -0.4 is 4.74 Å². The Morgan fingerprint density at radius 1 is 1.10 bits per heavy atom. The first-order valence-electron chi connectivity index (χ1n) is 8.81. The van der Waals surface area contributed by atoms with Gasteiger partial charge in [-0.25, -0.2) is 4.98 Å². The quantitative estimate of drug-likeness (QED) is 0.601. The Morgan fingerprint density at radius 2 is 1.90 bits per heavy atom. The van der Waals surface area contributed by atoms with Crippen LogP contribution in [0.4, 0.5) is 0 Å². The van der Waals surface area contributed by atoms with Crippen molar-refractivity contribution in [1.29, 1.82) is 5.26 Å². The predicted octanol–water partition coefficient (Wildman–Crippen LogP) is 2.43. The van der Waals surface area contributed by atoms with Gasteiger partial charge in [-0.05, 0) is 18.2 Å². The molecule has 4 heterocycles. The second kappa shape index (κ2) is 10.7. The van der Waals surface area contributed by atoms with Gasteiger partial charge in [0.1, 0.15) is 18.4 Å². The van der Waals surface area contributed by atoms with Gasteiger partial charge in [0, 0.05) is 18.5 Å². The minimum Gasteiger partial charge on any atom is -0.473 e. The lowest BCUT2D eigenvalue weighted by Crippen LogP contribution is -2.16. The number of carbonyl (C=O) groups is 1. The van der Waals surface area contributed by atoms with Crippen LogP contribution in [0.5, 0.6) is 5.88 Å². The van der Waals surface area contributed by atoms with Crippen LogP contribution >= 0.6 is 0 Å². The number of carbonyl (C=O) groups excluding carboxylic acids is 1. The Balaban J connectivity index is 0.000000343. The first-order valence-corrected chi connectivity index (χ1v) is 8.81. The molecule has 0 spiro atoms. The summed E-state index contributed by atoms with van der Waals surface area (Å²) < 4.78 is 20.5. The van der Waals surface area contributed by atoms with Gasteiger partial charge in [0.05, 0.1) is 43.2 Å². The van der Waals surface area contributed by atoms with Crippen molar-refractivity contribution in [2.24, 2.45) is 0 Å². The van der Waals surface area contributed by atoms with E-state index in [0.29, 0.717) is 34.7 Å². The SMILES string of the molecule is C1COCCO1.N#Cc1ccc(OCc2c(-c3ccccn3)noc2C=O)nc1. The van der Waals surface area contributed by atoms with Gasteiger partial charge in [0.25, 0.3) is 0 Å². The first kappa shape index (κ1) is 20.1. The molecule has 148 valence electrons. The van der Waals surface area contributed by atoms with E-state index in [-0.39, 0.29) is 12.4 Å². The van der Waals surface area contributed by atoms with Gasteiger partial charge in [-0.15, -0.1) is 0 Å². The molecule has 3 aromatic heterocycles. The molecule has 1 saturated heterocycles. The van der Waals surface area contributed by atoms with E-state index < -0.39 is 0 Å². The van der Waals surface area contributed by atoms with Crippen molar-refractivity contribution in [3.05, 3.63) is 59.6 Å². The number of aromatic nitrogens is 3. The van der Waals surface area contributed by atoms with E-state index >= 15 is 0 Å². The number of hydrogen-bond acceptors (Lipinski definition) is 9. The van der Waals surface area contributed by atoms with Crippen molar-refractivity contribution < 1.29 is 23.5 Å². The second-order valence-corrected chi connectivity index (χ2v) is 5.72. The molecule has 1 aliphatic heterocycles. The van der Waals surface area contributed by atoms with Crippen LogP contribution in [-0.2, 0) is 16.1 Å². The normalized spacial score (nSPS) is 12.9. The summed E-state index contributed by atoms with van der Waals surface area (Å²) in [5.41, 5.74) is 1.95. The molecule has 0 aromatic carbocycles. The van der Waals surface area contributed by atoms with Gasteiger partial charge in [0.15, 0.2) is 6.29 Å². The highest BCUT2D eigenvalue weighted by Gasteiger charge is 2.18. The fourth-order valence-corrected chi connectivity index (χ4v) is 2.38. The molecular weight excluding hydrogens is 376 g/mol. The maximum atomic E-state index is 11.1. The lowest BCUT2D eigenvalue weighted by Gasteiger charge is -2.09. The highest BCUT2D eigenvalue weighted by molar-refractivity contribution is 5.77. The molecule has 3 aromatic rings. The maximum absolute atomic E-state index is 11.1. The molecule has 0 atom stereocenters. The number of ether oxygens (including phenoxy) is 3. The van der Waals surface area contributed by atoms with E-state index in [1.165, 1.54) is 6.20 Å². The zero-order valence-corrected chi connectivity index (χ0v) is 15.5. The van der Waals surface area contributed by atoms with Crippen LogP contribution in [0.2, 0.25) is 0 Å². The van der Waals surface area contributed by atoms with E-state index in [0.717, 1.165) is 26.4 Å². The topological polar surface area (TPSA) is 120 Å². The Bertz CT molecular complexity index is 936. The molecule has 1 aliphatic rings. The minimum atomic E-state index is 0.0440. The molecule has 0 aliphatic carbocycles. The number of aldehydes is 1. The van der Waals surface area contributed by atoms with E-state index in [1.54, 1.807) is 30.5 Å². The van der Waals surface area contributed by atoms with Crippen LogP contribution in [0.3, 0.4) is 0 Å². The predicted molar refractivity (Wildman–Crippen MR) is 100 cm³/mol. The average molecular weight is 394 g/mol. The number of nitrogens with zero attached hydrogens (tertiary/aromatic N) is 4. The van der Waals surface area contributed by atoms with Crippen LogP contribution in [-0.4, -0.2) is 47.8 Å². The fraction of sp³-hybridized carbons (Fsp3) is 0.250. The molecule has 4 rings (SSSR count). The van der Waals surface area contributed by atoms with E-state index in [4.69, 9.17) is 24.0 Å². The third-order valence-electron chi connectivity index (χ3n) is 3.81. The van der Waals surface area contributed by atoms with Gasteiger partial charge >= 0.3 is 0 Å². The van der Waals surface area contributed by atoms with Crippen LogP contribution in [0.25, 0.3) is 11.4 Å². The number of hydrogen-bond donors (Lipinski definition) is 0. The third-order valence-corrected chi connectivity index (χ3v) is 3.81. The molecule has 9 heteroatoms. The summed E-state index contributed by atoms with van der Waals surface area (Å²) in [6.45, 7) is 3.16. The Labute approximate surface area is 166 Å². The average Bonchev–Trinajstić information content (AvgIpc) is 3.23. The Hall–Kier alpha value is -3.61. The first-order chi connectivity index (χ1) is 14.3. The molecule has 0 saturated carbocycles. The standard InChI is InChI=1S/C16H10N4O3.C4H8O2/c17-7-11-4-5-15(19-8-11)22-10-12-14(9-21)23-20-16(12)13-3-1-2-6-18-13;1-2-6-4-3-5-1/h1-6,8-9H,10H2;1-4H2. The summed E-state index contributed by atoms with van der Waals surface area (Å²) in [6, 6.07) is 10.5. The van der Waals surface area contributed by atoms with Crippen molar-refractivity contribution in [2.45, 2.75) is 6.61 Å². The zero-order chi connectivity index (χ0) is 20.3. The largest absolute Gasteiger partial charge is 0.473 e. The Morgan fingerprint density at radius 3 is 2.45 bits per heavy atom. The van der Waals surface area contributed by atoms with Crippen molar-refractivity contribution in [3.63, 3.8) is 0 Å². The summed E-state index contributed by atoms with van der Waals surface area (Å²) in [5.74, 6) is 0.410. The minimum absolute atomic E-state index is 0.0440.